The van der Waals surface area contributed by atoms with Crippen LogP contribution in [0.4, 0.5) is 20.3 Å². The number of fused-ring (bicyclic) bond motifs is 1. The summed E-state index contributed by atoms with van der Waals surface area (Å²) < 4.78 is 36.1. The third-order valence-electron chi connectivity index (χ3n) is 4.27. The first-order chi connectivity index (χ1) is 14.7. The fraction of sp³-hybridized carbons (Fsp3) is 0.318. The summed E-state index contributed by atoms with van der Waals surface area (Å²) in [7, 11) is 0. The van der Waals surface area contributed by atoms with E-state index in [2.05, 4.69) is 28.2 Å². The lowest BCUT2D eigenvalue weighted by molar-refractivity contribution is -0.159. The normalized spacial score (nSPS) is 13.8. The van der Waals surface area contributed by atoms with E-state index in [0.29, 0.717) is 30.6 Å². The number of alkyl halides is 2. The van der Waals surface area contributed by atoms with Crippen LogP contribution in [-0.4, -0.2) is 35.6 Å². The van der Waals surface area contributed by atoms with Crippen LogP contribution in [0.5, 0.6) is 11.5 Å². The topological polar surface area (TPSA) is 80.8 Å². The zero-order chi connectivity index (χ0) is 23.2. The van der Waals surface area contributed by atoms with Gasteiger partial charge < -0.3 is 14.8 Å². The first-order valence-electron chi connectivity index (χ1n) is 9.58. The summed E-state index contributed by atoms with van der Waals surface area (Å²) in [6.45, 7) is 10.1. The first kappa shape index (κ1) is 23.8. The average molecular weight is 433 g/mol. The van der Waals surface area contributed by atoms with Crippen molar-refractivity contribution in [2.75, 3.05) is 16.8 Å². The summed E-state index contributed by atoms with van der Waals surface area (Å²) in [5.74, 6) is -0.0760. The molecule has 3 rings (SSSR count). The number of hydrogen-bond acceptors (Lipinski definition) is 5. The minimum Gasteiger partial charge on any atom is -0.481 e. The Bertz CT molecular complexity index is 929. The molecule has 1 atom stereocenters. The van der Waals surface area contributed by atoms with Crippen LogP contribution in [0.1, 0.15) is 25.8 Å². The Morgan fingerprint density at radius 1 is 1.26 bits per heavy atom. The van der Waals surface area contributed by atoms with Crippen LogP contribution in [0.15, 0.2) is 49.7 Å². The molecule has 0 spiro atoms. The molecule has 1 aliphatic rings. The Hall–Kier alpha value is -3.49. The maximum atomic E-state index is 13.1. The summed E-state index contributed by atoms with van der Waals surface area (Å²) in [4.78, 5) is 30.7. The van der Waals surface area contributed by atoms with Crippen LogP contribution in [0.3, 0.4) is 0 Å². The molecular formula is C22H25F2N3O4. The number of benzene rings is 1. The molecule has 7 nitrogen and oxygen atoms in total. The SMILES string of the molecule is C=C.CCC(Oc1ccc(OC(C)(F)F)cc1)C(=O)N1CC(=O)Nc2c(C)ccnc21. The van der Waals surface area contributed by atoms with Crippen molar-refractivity contribution in [1.82, 2.24) is 4.98 Å². The van der Waals surface area contributed by atoms with E-state index >= 15 is 0 Å². The van der Waals surface area contributed by atoms with E-state index in [1.807, 2.05) is 6.92 Å². The summed E-state index contributed by atoms with van der Waals surface area (Å²) in [6, 6.07) is 7.29. The number of pyridine rings is 1. The molecule has 0 saturated heterocycles. The summed E-state index contributed by atoms with van der Waals surface area (Å²) >= 11 is 0. The number of ether oxygens (including phenoxy) is 2. The van der Waals surface area contributed by atoms with Gasteiger partial charge in [0, 0.05) is 13.1 Å². The lowest BCUT2D eigenvalue weighted by atomic mass is 10.1. The van der Waals surface area contributed by atoms with Crippen LogP contribution >= 0.6 is 0 Å². The third-order valence-corrected chi connectivity index (χ3v) is 4.27. The number of anilines is 2. The van der Waals surface area contributed by atoms with Gasteiger partial charge in [-0.3, -0.25) is 14.5 Å². The van der Waals surface area contributed by atoms with E-state index < -0.39 is 18.1 Å². The van der Waals surface area contributed by atoms with Gasteiger partial charge in [0.1, 0.15) is 18.0 Å². The van der Waals surface area contributed by atoms with Crippen molar-refractivity contribution in [3.05, 3.63) is 55.3 Å². The molecule has 2 heterocycles. The number of hydrogen-bond donors (Lipinski definition) is 1. The molecule has 0 aliphatic carbocycles. The summed E-state index contributed by atoms with van der Waals surface area (Å²) in [5, 5.41) is 2.73. The van der Waals surface area contributed by atoms with E-state index in [1.165, 1.54) is 29.2 Å². The number of nitrogens with one attached hydrogen (secondary N) is 1. The molecule has 1 unspecified atom stereocenters. The van der Waals surface area contributed by atoms with Crippen LogP contribution < -0.4 is 19.7 Å². The molecular weight excluding hydrogens is 408 g/mol. The van der Waals surface area contributed by atoms with Gasteiger partial charge in [-0.15, -0.1) is 13.2 Å². The number of nitrogens with zero attached hydrogens (tertiary/aromatic N) is 2. The van der Waals surface area contributed by atoms with Crippen LogP contribution in [0.25, 0.3) is 0 Å². The largest absolute Gasteiger partial charge is 0.481 e. The highest BCUT2D eigenvalue weighted by Crippen LogP contribution is 2.31. The second-order valence-corrected chi connectivity index (χ2v) is 6.70. The van der Waals surface area contributed by atoms with Gasteiger partial charge in [0.05, 0.1) is 5.69 Å². The molecule has 1 aromatic heterocycles. The Balaban J connectivity index is 0.00000166. The standard InChI is InChI=1S/C20H21F2N3O4.C2H4/c1-4-15(28-13-5-7-14(8-6-13)29-20(3,21)22)19(27)25-11-16(26)24-17-12(2)9-10-23-18(17)25;1-2/h5-10,15H,4,11H2,1-3H3,(H,24,26);1-2H2. The van der Waals surface area contributed by atoms with Crippen molar-refractivity contribution >= 4 is 23.3 Å². The highest BCUT2D eigenvalue weighted by atomic mass is 19.3. The minimum atomic E-state index is -3.29. The molecule has 0 saturated carbocycles. The van der Waals surface area contributed by atoms with E-state index in [9.17, 15) is 18.4 Å². The van der Waals surface area contributed by atoms with Crippen molar-refractivity contribution in [3.8, 4) is 11.5 Å². The van der Waals surface area contributed by atoms with Crippen molar-refractivity contribution < 1.29 is 27.8 Å². The van der Waals surface area contributed by atoms with Gasteiger partial charge in [-0.25, -0.2) is 4.98 Å². The number of carbonyl (C=O) groups is 2. The molecule has 31 heavy (non-hydrogen) atoms. The zero-order valence-electron chi connectivity index (χ0n) is 17.7. The van der Waals surface area contributed by atoms with Gasteiger partial charge in [-0.05, 0) is 49.2 Å². The lowest BCUT2D eigenvalue weighted by Gasteiger charge is -2.31. The van der Waals surface area contributed by atoms with E-state index in [4.69, 9.17) is 4.74 Å². The Morgan fingerprint density at radius 2 is 1.87 bits per heavy atom. The first-order valence-corrected chi connectivity index (χ1v) is 9.58. The Labute approximate surface area is 179 Å². The molecule has 0 bridgehead atoms. The lowest BCUT2D eigenvalue weighted by Crippen LogP contribution is -2.48. The van der Waals surface area contributed by atoms with Crippen LogP contribution in [0, 0.1) is 6.92 Å². The predicted molar refractivity (Wildman–Crippen MR) is 114 cm³/mol. The number of aromatic nitrogens is 1. The van der Waals surface area contributed by atoms with Crippen molar-refractivity contribution in [2.24, 2.45) is 0 Å². The molecule has 1 aromatic carbocycles. The highest BCUT2D eigenvalue weighted by molar-refractivity contribution is 6.10. The van der Waals surface area contributed by atoms with Crippen molar-refractivity contribution in [2.45, 2.75) is 39.4 Å². The highest BCUT2D eigenvalue weighted by Gasteiger charge is 2.33. The third kappa shape index (κ3) is 6.00. The van der Waals surface area contributed by atoms with Gasteiger partial charge in [-0.2, -0.15) is 8.78 Å². The molecule has 9 heteroatoms. The van der Waals surface area contributed by atoms with Gasteiger partial charge in [0.25, 0.3) is 5.91 Å². The minimum absolute atomic E-state index is 0.0227. The number of amides is 2. The maximum Gasteiger partial charge on any atom is 0.394 e. The second kappa shape index (κ2) is 10.0. The van der Waals surface area contributed by atoms with Gasteiger partial charge in [0.15, 0.2) is 11.9 Å². The fourth-order valence-electron chi connectivity index (χ4n) is 2.92. The van der Waals surface area contributed by atoms with Gasteiger partial charge >= 0.3 is 6.11 Å². The number of rotatable bonds is 6. The second-order valence-electron chi connectivity index (χ2n) is 6.70. The van der Waals surface area contributed by atoms with E-state index in [1.54, 1.807) is 19.2 Å². The predicted octanol–water partition coefficient (Wildman–Crippen LogP) is 4.33. The molecule has 0 fully saturated rings. The summed E-state index contributed by atoms with van der Waals surface area (Å²) in [5.41, 5.74) is 1.28. The average Bonchev–Trinajstić information content (AvgIpc) is 2.73. The Kier molecular flexibility index (Phi) is 7.68. The summed E-state index contributed by atoms with van der Waals surface area (Å²) in [6.07, 6.45) is -2.27. The van der Waals surface area contributed by atoms with Gasteiger partial charge in [0.2, 0.25) is 5.91 Å². The smallest absolute Gasteiger partial charge is 0.394 e. The molecule has 2 aromatic rings. The quantitative estimate of drug-likeness (QED) is 0.686. The Morgan fingerprint density at radius 3 is 2.45 bits per heavy atom. The van der Waals surface area contributed by atoms with E-state index in [0.717, 1.165) is 5.56 Å². The molecule has 1 N–H and O–H groups in total. The number of carbonyl (C=O) groups excluding carboxylic acids is 2. The van der Waals surface area contributed by atoms with E-state index in [-0.39, 0.29) is 18.2 Å². The molecule has 166 valence electrons. The van der Waals surface area contributed by atoms with Crippen molar-refractivity contribution in [1.29, 1.82) is 0 Å². The number of aryl methyl sites for hydroxylation is 1. The van der Waals surface area contributed by atoms with Crippen molar-refractivity contribution in [3.63, 3.8) is 0 Å². The number of halogens is 2. The maximum absolute atomic E-state index is 13.1. The molecule has 1 aliphatic heterocycles. The van der Waals surface area contributed by atoms with Crippen LogP contribution in [0.2, 0.25) is 0 Å². The molecule has 2 amide bonds. The van der Waals surface area contributed by atoms with Crippen LogP contribution in [-0.2, 0) is 9.59 Å². The van der Waals surface area contributed by atoms with Gasteiger partial charge in [-0.1, -0.05) is 6.92 Å². The fourth-order valence-corrected chi connectivity index (χ4v) is 2.92. The monoisotopic (exact) mass is 433 g/mol. The zero-order valence-corrected chi connectivity index (χ0v) is 17.7. The molecule has 0 radical (unpaired) electrons.